The van der Waals surface area contributed by atoms with Gasteiger partial charge in [-0.25, -0.2) is 8.42 Å². The summed E-state index contributed by atoms with van der Waals surface area (Å²) in [6.45, 7) is 6.14. The lowest BCUT2D eigenvalue weighted by Crippen LogP contribution is -2.40. The number of benzene rings is 1. The fourth-order valence-corrected chi connectivity index (χ4v) is 4.22. The van der Waals surface area contributed by atoms with Gasteiger partial charge in [-0.05, 0) is 37.0 Å². The Bertz CT molecular complexity index is 701. The molecule has 1 N–H and O–H groups in total. The van der Waals surface area contributed by atoms with Crippen molar-refractivity contribution >= 4 is 27.5 Å². The third kappa shape index (κ3) is 5.41. The molecular weight excluding hydrogens is 364 g/mol. The van der Waals surface area contributed by atoms with Gasteiger partial charge in [0.2, 0.25) is 10.0 Å². The normalized spacial score (nSPS) is 16.2. The fraction of sp³-hybridized carbons (Fsp3) is 0.588. The van der Waals surface area contributed by atoms with Gasteiger partial charge in [0.25, 0.3) is 5.91 Å². The first-order valence-corrected chi connectivity index (χ1v) is 10.3. The summed E-state index contributed by atoms with van der Waals surface area (Å²) >= 11 is 6.10. The average Bonchev–Trinajstić information content (AvgIpc) is 2.59. The second-order valence-corrected chi connectivity index (χ2v) is 8.80. The second kappa shape index (κ2) is 8.98. The van der Waals surface area contributed by atoms with Gasteiger partial charge in [-0.15, -0.1) is 0 Å². The Kier molecular flexibility index (Phi) is 7.25. The number of sulfonamides is 1. The number of morpholine rings is 1. The fourth-order valence-electron chi connectivity index (χ4n) is 2.58. The summed E-state index contributed by atoms with van der Waals surface area (Å²) in [5.41, 5.74) is 0.181. The lowest BCUT2D eigenvalue weighted by Gasteiger charge is -2.26. The summed E-state index contributed by atoms with van der Waals surface area (Å²) in [4.78, 5) is 12.4. The molecule has 2 rings (SSSR count). The average molecular weight is 389 g/mol. The first-order chi connectivity index (χ1) is 11.8. The first-order valence-electron chi connectivity index (χ1n) is 8.48. The Morgan fingerprint density at radius 1 is 1.32 bits per heavy atom. The van der Waals surface area contributed by atoms with E-state index in [0.717, 1.165) is 12.8 Å². The molecule has 0 bridgehead atoms. The smallest absolute Gasteiger partial charge is 0.252 e. The van der Waals surface area contributed by atoms with E-state index in [2.05, 4.69) is 19.2 Å². The molecule has 1 amide bonds. The number of nitrogens with zero attached hydrogens (tertiary/aromatic N) is 1. The zero-order valence-electron chi connectivity index (χ0n) is 14.6. The lowest BCUT2D eigenvalue weighted by atomic mass is 10.1. The Morgan fingerprint density at radius 2 is 2.00 bits per heavy atom. The van der Waals surface area contributed by atoms with Crippen LogP contribution in [0.25, 0.3) is 0 Å². The molecule has 1 aliphatic rings. The van der Waals surface area contributed by atoms with Crippen LogP contribution in [0.1, 0.15) is 37.0 Å². The summed E-state index contributed by atoms with van der Waals surface area (Å²) in [6.07, 6.45) is 1.88. The molecule has 1 aromatic carbocycles. The first kappa shape index (κ1) is 20.2. The number of carbonyl (C=O) groups is 1. The molecule has 0 unspecified atom stereocenters. The minimum Gasteiger partial charge on any atom is -0.379 e. The highest BCUT2D eigenvalue weighted by atomic mass is 35.5. The maximum Gasteiger partial charge on any atom is 0.252 e. The number of hydrogen-bond acceptors (Lipinski definition) is 4. The molecule has 0 saturated carbocycles. The molecule has 0 radical (unpaired) electrons. The monoisotopic (exact) mass is 388 g/mol. The van der Waals surface area contributed by atoms with Gasteiger partial charge in [-0.1, -0.05) is 25.4 Å². The number of nitrogens with one attached hydrogen (secondary N) is 1. The van der Waals surface area contributed by atoms with Crippen molar-refractivity contribution < 1.29 is 17.9 Å². The third-order valence-corrected chi connectivity index (χ3v) is 6.26. The van der Waals surface area contributed by atoms with Gasteiger partial charge in [0.1, 0.15) is 0 Å². The Labute approximate surface area is 154 Å². The van der Waals surface area contributed by atoms with Crippen molar-refractivity contribution in [1.82, 2.24) is 9.62 Å². The predicted molar refractivity (Wildman–Crippen MR) is 97.4 cm³/mol. The van der Waals surface area contributed by atoms with Gasteiger partial charge >= 0.3 is 0 Å². The van der Waals surface area contributed by atoms with E-state index in [0.29, 0.717) is 38.8 Å². The molecule has 25 heavy (non-hydrogen) atoms. The van der Waals surface area contributed by atoms with Crippen molar-refractivity contribution in [3.8, 4) is 0 Å². The van der Waals surface area contributed by atoms with Gasteiger partial charge in [0.05, 0.1) is 28.7 Å². The van der Waals surface area contributed by atoms with E-state index in [4.69, 9.17) is 16.3 Å². The van der Waals surface area contributed by atoms with Gasteiger partial charge < -0.3 is 10.1 Å². The van der Waals surface area contributed by atoms with Crippen LogP contribution in [0.4, 0.5) is 0 Å². The molecule has 8 heteroatoms. The minimum absolute atomic E-state index is 0.0751. The molecule has 0 aliphatic carbocycles. The Morgan fingerprint density at radius 3 is 2.64 bits per heavy atom. The highest BCUT2D eigenvalue weighted by molar-refractivity contribution is 7.89. The van der Waals surface area contributed by atoms with Crippen LogP contribution in [0, 0.1) is 5.92 Å². The van der Waals surface area contributed by atoms with Crippen LogP contribution in [0.5, 0.6) is 0 Å². The van der Waals surface area contributed by atoms with Gasteiger partial charge in [-0.2, -0.15) is 4.31 Å². The van der Waals surface area contributed by atoms with Crippen LogP contribution in [-0.2, 0) is 14.8 Å². The maximum absolute atomic E-state index is 12.7. The zero-order valence-corrected chi connectivity index (χ0v) is 16.2. The maximum atomic E-state index is 12.7. The van der Waals surface area contributed by atoms with E-state index in [9.17, 15) is 13.2 Å². The van der Waals surface area contributed by atoms with E-state index in [1.807, 2.05) is 0 Å². The van der Waals surface area contributed by atoms with Crippen LogP contribution in [0.2, 0.25) is 5.02 Å². The predicted octanol–water partition coefficient (Wildman–Crippen LogP) is 2.53. The molecular formula is C17H25ClN2O4S. The van der Waals surface area contributed by atoms with Crippen LogP contribution in [0.15, 0.2) is 23.1 Å². The minimum atomic E-state index is -3.66. The number of halogens is 1. The lowest BCUT2D eigenvalue weighted by molar-refractivity contribution is 0.0730. The van der Waals surface area contributed by atoms with Crippen molar-refractivity contribution in [2.75, 3.05) is 32.8 Å². The topological polar surface area (TPSA) is 75.7 Å². The van der Waals surface area contributed by atoms with Crippen molar-refractivity contribution in [1.29, 1.82) is 0 Å². The molecule has 1 aliphatic heterocycles. The van der Waals surface area contributed by atoms with Crippen LogP contribution in [0.3, 0.4) is 0 Å². The van der Waals surface area contributed by atoms with Gasteiger partial charge in [-0.3, -0.25) is 4.79 Å². The van der Waals surface area contributed by atoms with Gasteiger partial charge in [0, 0.05) is 19.6 Å². The number of amides is 1. The van der Waals surface area contributed by atoms with Crippen molar-refractivity contribution in [3.63, 3.8) is 0 Å². The highest BCUT2D eigenvalue weighted by Crippen LogP contribution is 2.23. The summed E-state index contributed by atoms with van der Waals surface area (Å²) in [6, 6.07) is 4.24. The van der Waals surface area contributed by atoms with Crippen molar-refractivity contribution in [2.45, 2.75) is 31.6 Å². The van der Waals surface area contributed by atoms with E-state index >= 15 is 0 Å². The molecule has 0 atom stereocenters. The quantitative estimate of drug-likeness (QED) is 0.728. The molecule has 1 fully saturated rings. The largest absolute Gasteiger partial charge is 0.379 e. The highest BCUT2D eigenvalue weighted by Gasteiger charge is 2.27. The molecule has 1 heterocycles. The third-order valence-electron chi connectivity index (χ3n) is 4.03. The summed E-state index contributed by atoms with van der Waals surface area (Å²) < 4.78 is 32.0. The van der Waals surface area contributed by atoms with Crippen molar-refractivity contribution in [2.24, 2.45) is 5.92 Å². The van der Waals surface area contributed by atoms with E-state index in [-0.39, 0.29) is 21.4 Å². The number of ether oxygens (including phenoxy) is 1. The van der Waals surface area contributed by atoms with Crippen LogP contribution >= 0.6 is 11.6 Å². The van der Waals surface area contributed by atoms with Crippen LogP contribution < -0.4 is 5.32 Å². The molecule has 140 valence electrons. The van der Waals surface area contributed by atoms with E-state index < -0.39 is 10.0 Å². The van der Waals surface area contributed by atoms with E-state index in [1.54, 1.807) is 0 Å². The molecule has 1 aromatic rings. The standard InChI is InChI=1S/C17H25ClN2O4S/c1-13(2)4-3-7-19-17(21)15-12-14(5-6-16(15)18)25(22,23)20-8-10-24-11-9-20/h5-6,12-13H,3-4,7-11H2,1-2H3,(H,19,21). The number of rotatable bonds is 7. The van der Waals surface area contributed by atoms with Crippen LogP contribution in [-0.4, -0.2) is 51.5 Å². The van der Waals surface area contributed by atoms with Gasteiger partial charge in [0.15, 0.2) is 0 Å². The molecule has 0 spiro atoms. The molecule has 6 nitrogen and oxygen atoms in total. The van der Waals surface area contributed by atoms with Crippen molar-refractivity contribution in [3.05, 3.63) is 28.8 Å². The number of carbonyl (C=O) groups excluding carboxylic acids is 1. The Hall–Kier alpha value is -1.15. The molecule has 1 saturated heterocycles. The summed E-state index contributed by atoms with van der Waals surface area (Å²) in [5.74, 6) is 0.218. The SMILES string of the molecule is CC(C)CCCNC(=O)c1cc(S(=O)(=O)N2CCOCC2)ccc1Cl. The zero-order chi connectivity index (χ0) is 18.4. The van der Waals surface area contributed by atoms with E-state index in [1.165, 1.54) is 22.5 Å². The molecule has 0 aromatic heterocycles. The second-order valence-electron chi connectivity index (χ2n) is 6.45. The summed E-state index contributed by atoms with van der Waals surface area (Å²) in [7, 11) is -3.66. The number of hydrogen-bond donors (Lipinski definition) is 1. The summed E-state index contributed by atoms with van der Waals surface area (Å²) in [5, 5.41) is 3.04. The Balaban J connectivity index is 2.12.